The van der Waals surface area contributed by atoms with Crippen molar-refractivity contribution in [3.63, 3.8) is 0 Å². The zero-order valence-electron chi connectivity index (χ0n) is 7.28. The Morgan fingerprint density at radius 1 is 1.54 bits per heavy atom. The molecule has 0 radical (unpaired) electrons. The van der Waals surface area contributed by atoms with Crippen molar-refractivity contribution < 1.29 is 9.53 Å². The van der Waals surface area contributed by atoms with Crippen LogP contribution in [0.25, 0.3) is 0 Å². The Balaban J connectivity index is 2.45. The molecular formula is C10H9NO2. The molecule has 0 aromatic heterocycles. The first-order valence-corrected chi connectivity index (χ1v) is 4.03. The van der Waals surface area contributed by atoms with E-state index in [1.807, 2.05) is 12.1 Å². The van der Waals surface area contributed by atoms with E-state index in [1.54, 1.807) is 19.3 Å². The second-order valence-corrected chi connectivity index (χ2v) is 2.88. The van der Waals surface area contributed by atoms with Crippen molar-refractivity contribution in [2.75, 3.05) is 7.05 Å². The van der Waals surface area contributed by atoms with Crippen molar-refractivity contribution in [2.45, 2.75) is 6.61 Å². The third kappa shape index (κ3) is 1.33. The molecule has 1 aliphatic rings. The molecule has 3 nitrogen and oxygen atoms in total. The highest BCUT2D eigenvalue weighted by Gasteiger charge is 2.20. The number of esters is 1. The van der Waals surface area contributed by atoms with Crippen LogP contribution in [0.2, 0.25) is 0 Å². The normalized spacial score (nSPS) is 14.7. The van der Waals surface area contributed by atoms with Gasteiger partial charge >= 0.3 is 5.97 Å². The third-order valence-corrected chi connectivity index (χ3v) is 1.99. The van der Waals surface area contributed by atoms with Crippen LogP contribution in [0.4, 0.5) is 0 Å². The topological polar surface area (TPSA) is 38.7 Å². The van der Waals surface area contributed by atoms with Gasteiger partial charge in [-0.05, 0) is 17.7 Å². The molecule has 0 aliphatic carbocycles. The first-order chi connectivity index (χ1) is 6.31. The second kappa shape index (κ2) is 3.01. The van der Waals surface area contributed by atoms with E-state index < -0.39 is 0 Å². The minimum Gasteiger partial charge on any atom is -0.457 e. The SMILES string of the molecule is C/N=C/c1ccc2c(c1)COC2=O. The molecule has 1 aromatic carbocycles. The van der Waals surface area contributed by atoms with Crippen LogP contribution in [-0.2, 0) is 11.3 Å². The number of carbonyl (C=O) groups is 1. The monoisotopic (exact) mass is 175 g/mol. The van der Waals surface area contributed by atoms with Crippen LogP contribution in [0, 0.1) is 0 Å². The van der Waals surface area contributed by atoms with Crippen LogP contribution in [-0.4, -0.2) is 19.2 Å². The van der Waals surface area contributed by atoms with Crippen LogP contribution in [0.15, 0.2) is 23.2 Å². The minimum absolute atomic E-state index is 0.227. The van der Waals surface area contributed by atoms with Crippen molar-refractivity contribution in [3.8, 4) is 0 Å². The van der Waals surface area contributed by atoms with Gasteiger partial charge in [-0.15, -0.1) is 0 Å². The van der Waals surface area contributed by atoms with Gasteiger partial charge in [-0.2, -0.15) is 0 Å². The largest absolute Gasteiger partial charge is 0.457 e. The van der Waals surface area contributed by atoms with Crippen LogP contribution >= 0.6 is 0 Å². The molecule has 2 rings (SSSR count). The number of rotatable bonds is 1. The zero-order chi connectivity index (χ0) is 9.26. The van der Waals surface area contributed by atoms with Gasteiger partial charge < -0.3 is 4.74 Å². The molecule has 1 aromatic rings. The number of carbonyl (C=O) groups excluding carboxylic acids is 1. The van der Waals surface area contributed by atoms with Crippen molar-refractivity contribution in [2.24, 2.45) is 4.99 Å². The molecule has 0 N–H and O–H groups in total. The quantitative estimate of drug-likeness (QED) is 0.478. The molecule has 0 bridgehead atoms. The molecular weight excluding hydrogens is 166 g/mol. The Hall–Kier alpha value is -1.64. The standard InChI is InChI=1S/C10H9NO2/c1-11-5-7-2-3-9-8(4-7)6-13-10(9)12/h2-5H,6H2,1H3/b11-5+. The molecule has 1 heterocycles. The highest BCUT2D eigenvalue weighted by molar-refractivity contribution is 5.94. The Morgan fingerprint density at radius 2 is 2.38 bits per heavy atom. The molecule has 13 heavy (non-hydrogen) atoms. The lowest BCUT2D eigenvalue weighted by molar-refractivity contribution is 0.0535. The van der Waals surface area contributed by atoms with Gasteiger partial charge in [-0.25, -0.2) is 4.79 Å². The van der Waals surface area contributed by atoms with Crippen molar-refractivity contribution in [1.29, 1.82) is 0 Å². The molecule has 0 spiro atoms. The van der Waals surface area contributed by atoms with Crippen LogP contribution in [0.5, 0.6) is 0 Å². The molecule has 0 atom stereocenters. The average molecular weight is 175 g/mol. The smallest absolute Gasteiger partial charge is 0.338 e. The summed E-state index contributed by atoms with van der Waals surface area (Å²) in [4.78, 5) is 15.0. The van der Waals surface area contributed by atoms with E-state index in [0.717, 1.165) is 11.1 Å². The fourth-order valence-electron chi connectivity index (χ4n) is 1.38. The summed E-state index contributed by atoms with van der Waals surface area (Å²) in [5.74, 6) is -0.227. The molecule has 66 valence electrons. The molecule has 0 unspecified atom stereocenters. The van der Waals surface area contributed by atoms with Crippen LogP contribution < -0.4 is 0 Å². The lowest BCUT2D eigenvalue weighted by Gasteiger charge is -1.95. The highest BCUT2D eigenvalue weighted by Crippen LogP contribution is 2.20. The van der Waals surface area contributed by atoms with Gasteiger partial charge in [0.05, 0.1) is 5.56 Å². The highest BCUT2D eigenvalue weighted by atomic mass is 16.5. The van der Waals surface area contributed by atoms with Gasteiger partial charge in [0.15, 0.2) is 0 Å². The van der Waals surface area contributed by atoms with E-state index in [0.29, 0.717) is 12.2 Å². The Morgan fingerprint density at radius 3 is 3.15 bits per heavy atom. The summed E-state index contributed by atoms with van der Waals surface area (Å²) in [5.41, 5.74) is 2.62. The number of hydrogen-bond donors (Lipinski definition) is 0. The third-order valence-electron chi connectivity index (χ3n) is 1.99. The number of cyclic esters (lactones) is 1. The Bertz CT molecular complexity index is 383. The van der Waals surface area contributed by atoms with Gasteiger partial charge in [0.2, 0.25) is 0 Å². The summed E-state index contributed by atoms with van der Waals surface area (Å²) < 4.78 is 4.87. The number of nitrogens with zero attached hydrogens (tertiary/aromatic N) is 1. The molecule has 1 aliphatic heterocycles. The molecule has 3 heteroatoms. The predicted molar refractivity (Wildman–Crippen MR) is 49.1 cm³/mol. The van der Waals surface area contributed by atoms with E-state index in [2.05, 4.69) is 4.99 Å². The van der Waals surface area contributed by atoms with E-state index in [4.69, 9.17) is 4.74 Å². The van der Waals surface area contributed by atoms with Crippen LogP contribution in [0.1, 0.15) is 21.5 Å². The lowest BCUT2D eigenvalue weighted by atomic mass is 10.1. The minimum atomic E-state index is -0.227. The van der Waals surface area contributed by atoms with Gasteiger partial charge in [-0.1, -0.05) is 6.07 Å². The van der Waals surface area contributed by atoms with Crippen molar-refractivity contribution in [3.05, 3.63) is 34.9 Å². The maximum atomic E-state index is 11.1. The summed E-state index contributed by atoms with van der Waals surface area (Å²) in [6.07, 6.45) is 1.75. The summed E-state index contributed by atoms with van der Waals surface area (Å²) >= 11 is 0. The summed E-state index contributed by atoms with van der Waals surface area (Å²) in [6.45, 7) is 0.388. The van der Waals surface area contributed by atoms with Gasteiger partial charge in [0.25, 0.3) is 0 Å². The van der Waals surface area contributed by atoms with Crippen LogP contribution in [0.3, 0.4) is 0 Å². The predicted octanol–water partition coefficient (Wildman–Crippen LogP) is 1.41. The van der Waals surface area contributed by atoms with E-state index in [1.165, 1.54) is 0 Å². The van der Waals surface area contributed by atoms with Crippen molar-refractivity contribution >= 4 is 12.2 Å². The summed E-state index contributed by atoms with van der Waals surface area (Å²) in [5, 5.41) is 0. The van der Waals surface area contributed by atoms with Gasteiger partial charge in [-0.3, -0.25) is 4.99 Å². The number of aliphatic imine (C=N–C) groups is 1. The number of hydrogen-bond acceptors (Lipinski definition) is 3. The van der Waals surface area contributed by atoms with E-state index in [9.17, 15) is 4.79 Å². The first-order valence-electron chi connectivity index (χ1n) is 4.03. The van der Waals surface area contributed by atoms with E-state index >= 15 is 0 Å². The molecule has 0 saturated carbocycles. The summed E-state index contributed by atoms with van der Waals surface area (Å²) in [7, 11) is 1.72. The summed E-state index contributed by atoms with van der Waals surface area (Å²) in [6, 6.07) is 5.56. The van der Waals surface area contributed by atoms with Gasteiger partial charge in [0.1, 0.15) is 6.61 Å². The fourth-order valence-corrected chi connectivity index (χ4v) is 1.38. The number of ether oxygens (including phenoxy) is 1. The molecule has 0 amide bonds. The van der Waals surface area contributed by atoms with E-state index in [-0.39, 0.29) is 5.97 Å². The van der Waals surface area contributed by atoms with Gasteiger partial charge in [0, 0.05) is 18.8 Å². The Kier molecular flexibility index (Phi) is 1.85. The fraction of sp³-hybridized carbons (Fsp3) is 0.200. The maximum absolute atomic E-state index is 11.1. The number of benzene rings is 1. The maximum Gasteiger partial charge on any atom is 0.338 e. The second-order valence-electron chi connectivity index (χ2n) is 2.88. The zero-order valence-corrected chi connectivity index (χ0v) is 7.28. The average Bonchev–Trinajstić information content (AvgIpc) is 2.48. The molecule has 0 saturated heterocycles. The Labute approximate surface area is 76.1 Å². The lowest BCUT2D eigenvalue weighted by Crippen LogP contribution is -1.93. The molecule has 0 fully saturated rings. The number of fused-ring (bicyclic) bond motifs is 1. The first kappa shape index (κ1) is 7.98. The van der Waals surface area contributed by atoms with Crippen molar-refractivity contribution in [1.82, 2.24) is 0 Å².